The van der Waals surface area contributed by atoms with Crippen LogP contribution in [-0.2, 0) is 9.53 Å². The molecular formula is C11H19NO3. The van der Waals surface area contributed by atoms with Gasteiger partial charge in [-0.15, -0.1) is 0 Å². The van der Waals surface area contributed by atoms with Gasteiger partial charge >= 0.3 is 0 Å². The number of amides is 1. The van der Waals surface area contributed by atoms with Crippen molar-refractivity contribution in [1.82, 2.24) is 4.90 Å². The summed E-state index contributed by atoms with van der Waals surface area (Å²) in [4.78, 5) is 13.9. The number of hydrogen-bond donors (Lipinski definition) is 1. The van der Waals surface area contributed by atoms with Crippen molar-refractivity contribution in [3.05, 3.63) is 0 Å². The molecule has 2 rings (SSSR count). The molecular weight excluding hydrogens is 194 g/mol. The fourth-order valence-electron chi connectivity index (χ4n) is 2.38. The van der Waals surface area contributed by atoms with Gasteiger partial charge in [0.05, 0.1) is 12.5 Å². The van der Waals surface area contributed by atoms with Crippen LogP contribution in [0.1, 0.15) is 19.3 Å². The predicted molar refractivity (Wildman–Crippen MR) is 55.3 cm³/mol. The molecule has 4 heteroatoms. The van der Waals surface area contributed by atoms with E-state index in [0.717, 1.165) is 39.0 Å². The second-order valence-electron chi connectivity index (χ2n) is 4.54. The van der Waals surface area contributed by atoms with Gasteiger partial charge in [-0.05, 0) is 19.3 Å². The fourth-order valence-corrected chi connectivity index (χ4v) is 2.38. The van der Waals surface area contributed by atoms with Gasteiger partial charge in [-0.1, -0.05) is 0 Å². The summed E-state index contributed by atoms with van der Waals surface area (Å²) < 4.78 is 5.32. The molecule has 15 heavy (non-hydrogen) atoms. The van der Waals surface area contributed by atoms with Crippen LogP contribution in [0, 0.1) is 11.8 Å². The molecule has 0 aliphatic carbocycles. The number of aliphatic hydroxyl groups is 1. The van der Waals surface area contributed by atoms with Gasteiger partial charge in [-0.25, -0.2) is 0 Å². The first-order valence-corrected chi connectivity index (χ1v) is 5.78. The maximum absolute atomic E-state index is 12.0. The molecule has 0 saturated carbocycles. The fraction of sp³-hybridized carbons (Fsp3) is 0.909. The molecule has 2 heterocycles. The molecule has 86 valence electrons. The van der Waals surface area contributed by atoms with Crippen LogP contribution in [0.2, 0.25) is 0 Å². The highest BCUT2D eigenvalue weighted by atomic mass is 16.5. The first kappa shape index (κ1) is 10.9. The van der Waals surface area contributed by atoms with Crippen molar-refractivity contribution in [3.8, 4) is 0 Å². The van der Waals surface area contributed by atoms with Crippen LogP contribution in [0.25, 0.3) is 0 Å². The Balaban J connectivity index is 1.85. The third-order valence-corrected chi connectivity index (χ3v) is 3.37. The summed E-state index contributed by atoms with van der Waals surface area (Å²) >= 11 is 0. The Morgan fingerprint density at radius 1 is 1.47 bits per heavy atom. The number of ether oxygens (including phenoxy) is 1. The molecule has 2 aliphatic rings. The molecule has 2 unspecified atom stereocenters. The lowest BCUT2D eigenvalue weighted by molar-refractivity contribution is -0.138. The van der Waals surface area contributed by atoms with Gasteiger partial charge in [-0.2, -0.15) is 0 Å². The van der Waals surface area contributed by atoms with Crippen LogP contribution < -0.4 is 0 Å². The molecule has 0 radical (unpaired) electrons. The van der Waals surface area contributed by atoms with Gasteiger partial charge in [0.15, 0.2) is 0 Å². The summed E-state index contributed by atoms with van der Waals surface area (Å²) in [6, 6.07) is 0. The van der Waals surface area contributed by atoms with Crippen molar-refractivity contribution in [3.63, 3.8) is 0 Å². The number of rotatable bonds is 2. The zero-order valence-electron chi connectivity index (χ0n) is 9.02. The van der Waals surface area contributed by atoms with Gasteiger partial charge in [0.1, 0.15) is 0 Å². The maximum Gasteiger partial charge on any atom is 0.228 e. The van der Waals surface area contributed by atoms with Crippen LogP contribution in [-0.4, -0.2) is 48.8 Å². The Bertz CT molecular complexity index is 226. The summed E-state index contributed by atoms with van der Waals surface area (Å²) in [6.45, 7) is 3.11. The topological polar surface area (TPSA) is 49.8 Å². The maximum atomic E-state index is 12.0. The van der Waals surface area contributed by atoms with Crippen LogP contribution >= 0.6 is 0 Å². The third kappa shape index (κ3) is 2.49. The largest absolute Gasteiger partial charge is 0.396 e. The van der Waals surface area contributed by atoms with Crippen molar-refractivity contribution >= 4 is 5.91 Å². The Kier molecular flexibility index (Phi) is 3.59. The lowest BCUT2D eigenvalue weighted by atomic mass is 10.0. The molecule has 4 nitrogen and oxygen atoms in total. The van der Waals surface area contributed by atoms with Crippen molar-refractivity contribution in [2.24, 2.45) is 11.8 Å². The van der Waals surface area contributed by atoms with Gasteiger partial charge in [-0.3, -0.25) is 4.79 Å². The van der Waals surface area contributed by atoms with E-state index in [2.05, 4.69) is 0 Å². The summed E-state index contributed by atoms with van der Waals surface area (Å²) in [5, 5.41) is 9.01. The van der Waals surface area contributed by atoms with E-state index < -0.39 is 0 Å². The lowest BCUT2D eigenvalue weighted by Gasteiger charge is -2.26. The molecule has 0 aromatic heterocycles. The Labute approximate surface area is 90.2 Å². The first-order valence-electron chi connectivity index (χ1n) is 5.78. The standard InChI is InChI=1S/C11H19NO3/c13-7-9-3-4-12(6-9)11(14)10-2-1-5-15-8-10/h9-10,13H,1-8H2. The Hall–Kier alpha value is -0.610. The van der Waals surface area contributed by atoms with E-state index in [1.165, 1.54) is 0 Å². The molecule has 2 saturated heterocycles. The minimum Gasteiger partial charge on any atom is -0.396 e. The third-order valence-electron chi connectivity index (χ3n) is 3.37. The number of hydrogen-bond acceptors (Lipinski definition) is 3. The predicted octanol–water partition coefficient (Wildman–Crippen LogP) is 0.254. The molecule has 2 atom stereocenters. The smallest absolute Gasteiger partial charge is 0.228 e. The minimum atomic E-state index is 0.0659. The molecule has 0 aromatic carbocycles. The van der Waals surface area contributed by atoms with Crippen molar-refractivity contribution < 1.29 is 14.6 Å². The lowest BCUT2D eigenvalue weighted by Crippen LogP contribution is -2.38. The summed E-state index contributed by atoms with van der Waals surface area (Å²) in [5.41, 5.74) is 0. The quantitative estimate of drug-likeness (QED) is 0.715. The highest BCUT2D eigenvalue weighted by Crippen LogP contribution is 2.21. The van der Waals surface area contributed by atoms with Crippen molar-refractivity contribution in [2.45, 2.75) is 19.3 Å². The van der Waals surface area contributed by atoms with E-state index in [-0.39, 0.29) is 18.4 Å². The van der Waals surface area contributed by atoms with Gasteiger partial charge in [0.2, 0.25) is 5.91 Å². The molecule has 1 N–H and O–H groups in total. The van der Waals surface area contributed by atoms with E-state index in [0.29, 0.717) is 12.5 Å². The van der Waals surface area contributed by atoms with Gasteiger partial charge in [0, 0.05) is 32.2 Å². The average Bonchev–Trinajstić information content (AvgIpc) is 2.78. The van der Waals surface area contributed by atoms with Crippen molar-refractivity contribution in [2.75, 3.05) is 32.9 Å². The summed E-state index contributed by atoms with van der Waals surface area (Å²) in [5.74, 6) is 0.584. The normalized spacial score (nSPS) is 31.9. The van der Waals surface area contributed by atoms with Crippen LogP contribution in [0.4, 0.5) is 0 Å². The highest BCUT2D eigenvalue weighted by Gasteiger charge is 2.31. The minimum absolute atomic E-state index is 0.0659. The Morgan fingerprint density at radius 3 is 2.93 bits per heavy atom. The van der Waals surface area contributed by atoms with E-state index in [9.17, 15) is 4.79 Å². The number of nitrogens with zero attached hydrogens (tertiary/aromatic N) is 1. The summed E-state index contributed by atoms with van der Waals surface area (Å²) in [6.07, 6.45) is 2.89. The number of likely N-dealkylation sites (tertiary alicyclic amines) is 1. The molecule has 0 aromatic rings. The zero-order chi connectivity index (χ0) is 10.7. The average molecular weight is 213 g/mol. The van der Waals surface area contributed by atoms with Crippen LogP contribution in [0.15, 0.2) is 0 Å². The van der Waals surface area contributed by atoms with E-state index >= 15 is 0 Å². The van der Waals surface area contributed by atoms with Crippen molar-refractivity contribution in [1.29, 1.82) is 0 Å². The SMILES string of the molecule is O=C(C1CCCOC1)N1CCC(CO)C1. The second-order valence-corrected chi connectivity index (χ2v) is 4.54. The summed E-state index contributed by atoms with van der Waals surface area (Å²) in [7, 11) is 0. The molecule has 0 spiro atoms. The van der Waals surface area contributed by atoms with E-state index in [1.54, 1.807) is 0 Å². The number of carbonyl (C=O) groups is 1. The van der Waals surface area contributed by atoms with Gasteiger partial charge < -0.3 is 14.7 Å². The first-order chi connectivity index (χ1) is 7.31. The molecule has 2 aliphatic heterocycles. The van der Waals surface area contributed by atoms with E-state index in [1.807, 2.05) is 4.90 Å². The molecule has 2 fully saturated rings. The second kappa shape index (κ2) is 4.94. The van der Waals surface area contributed by atoms with Gasteiger partial charge in [0.25, 0.3) is 0 Å². The molecule has 0 bridgehead atoms. The van der Waals surface area contributed by atoms with E-state index in [4.69, 9.17) is 9.84 Å². The number of aliphatic hydroxyl groups excluding tert-OH is 1. The van der Waals surface area contributed by atoms with Crippen LogP contribution in [0.5, 0.6) is 0 Å². The molecule has 1 amide bonds. The monoisotopic (exact) mass is 213 g/mol. The Morgan fingerprint density at radius 2 is 2.33 bits per heavy atom. The number of carbonyl (C=O) groups excluding carboxylic acids is 1. The van der Waals surface area contributed by atoms with Crippen LogP contribution in [0.3, 0.4) is 0 Å². The highest BCUT2D eigenvalue weighted by molar-refractivity contribution is 5.79. The zero-order valence-corrected chi connectivity index (χ0v) is 9.02.